The first-order valence-electron chi connectivity index (χ1n) is 6.92. The second-order valence-corrected chi connectivity index (χ2v) is 6.10. The summed E-state index contributed by atoms with van der Waals surface area (Å²) in [7, 11) is 0. The van der Waals surface area contributed by atoms with Crippen molar-refractivity contribution in [2.24, 2.45) is 0 Å². The van der Waals surface area contributed by atoms with E-state index in [0.29, 0.717) is 11.4 Å². The smallest absolute Gasteiger partial charge is 0.327 e. The number of anilines is 2. The molecule has 0 spiro atoms. The quantitative estimate of drug-likeness (QED) is 0.763. The van der Waals surface area contributed by atoms with Gasteiger partial charge in [0, 0.05) is 11.1 Å². The number of hydrogen-bond donors (Lipinski definition) is 2. The van der Waals surface area contributed by atoms with Gasteiger partial charge in [-0.1, -0.05) is 11.2 Å². The second-order valence-electron chi connectivity index (χ2n) is 5.04. The number of nitrogens with one attached hydrogen (secondary N) is 2. The molecule has 1 aromatic carbocycles. The Bertz CT molecular complexity index is 855. The summed E-state index contributed by atoms with van der Waals surface area (Å²) in [6.45, 7) is 5.89. The van der Waals surface area contributed by atoms with Crippen LogP contribution in [0.5, 0.6) is 0 Å². The highest BCUT2D eigenvalue weighted by molar-refractivity contribution is 7.09. The zero-order valence-electron chi connectivity index (χ0n) is 12.9. The molecule has 3 rings (SSSR count). The molecule has 0 atom stereocenters. The maximum absolute atomic E-state index is 12.0. The Morgan fingerprint density at radius 3 is 2.65 bits per heavy atom. The van der Waals surface area contributed by atoms with E-state index in [4.69, 9.17) is 4.42 Å². The molecule has 0 aliphatic heterocycles. The fourth-order valence-corrected chi connectivity index (χ4v) is 2.50. The number of carbonyl (C=O) groups excluding carboxylic acids is 1. The van der Waals surface area contributed by atoms with Gasteiger partial charge >= 0.3 is 12.0 Å². The summed E-state index contributed by atoms with van der Waals surface area (Å²) in [6.07, 6.45) is 0. The van der Waals surface area contributed by atoms with Crippen LogP contribution >= 0.6 is 11.3 Å². The molecule has 3 aromatic rings. The van der Waals surface area contributed by atoms with Gasteiger partial charge < -0.3 is 9.73 Å². The van der Waals surface area contributed by atoms with Gasteiger partial charge in [0.05, 0.1) is 5.01 Å². The average molecular weight is 329 g/mol. The van der Waals surface area contributed by atoms with Crippen LogP contribution in [0.3, 0.4) is 0 Å². The van der Waals surface area contributed by atoms with E-state index in [1.54, 1.807) is 0 Å². The van der Waals surface area contributed by atoms with Gasteiger partial charge in [-0.3, -0.25) is 5.32 Å². The number of nitrogens with zero attached hydrogens (tertiary/aromatic N) is 3. The highest BCUT2D eigenvalue weighted by Crippen LogP contribution is 2.21. The Hall–Kier alpha value is -2.74. The largest absolute Gasteiger partial charge is 0.401 e. The highest BCUT2D eigenvalue weighted by atomic mass is 32.1. The molecule has 7 nitrogen and oxygen atoms in total. The number of aromatic nitrogens is 3. The summed E-state index contributed by atoms with van der Waals surface area (Å²) in [5, 5.41) is 15.6. The van der Waals surface area contributed by atoms with Crippen LogP contribution < -0.4 is 10.6 Å². The van der Waals surface area contributed by atoms with Gasteiger partial charge in [0.1, 0.15) is 5.69 Å². The van der Waals surface area contributed by atoms with Gasteiger partial charge in [0.25, 0.3) is 5.89 Å². The Labute approximate surface area is 136 Å². The maximum Gasteiger partial charge on any atom is 0.327 e. The Balaban J connectivity index is 1.66. The molecule has 0 bridgehead atoms. The summed E-state index contributed by atoms with van der Waals surface area (Å²) in [5.74, 6) is 0.274. The van der Waals surface area contributed by atoms with Crippen molar-refractivity contribution in [1.82, 2.24) is 15.2 Å². The monoisotopic (exact) mass is 329 g/mol. The standard InChI is InChI=1S/C15H15N5O2S/c1-8-4-5-11(6-9(8)2)17-14(21)18-15-20-19-13(22-15)12-7-23-10(3)16-12/h4-7H,1-3H3,(H2,17,18,20,21). The van der Waals surface area contributed by atoms with Crippen molar-refractivity contribution < 1.29 is 9.21 Å². The number of thiazole rings is 1. The van der Waals surface area contributed by atoms with Crippen molar-refractivity contribution in [2.75, 3.05) is 10.6 Å². The molecule has 118 valence electrons. The van der Waals surface area contributed by atoms with Gasteiger partial charge in [-0.2, -0.15) is 0 Å². The number of aryl methyl sites for hydroxylation is 3. The van der Waals surface area contributed by atoms with E-state index in [0.717, 1.165) is 16.1 Å². The van der Waals surface area contributed by atoms with Crippen LogP contribution in [0.4, 0.5) is 16.5 Å². The molecule has 2 aromatic heterocycles. The van der Waals surface area contributed by atoms with Crippen molar-refractivity contribution >= 4 is 29.1 Å². The lowest BCUT2D eigenvalue weighted by Gasteiger charge is -2.07. The van der Waals surface area contributed by atoms with Crippen molar-refractivity contribution in [1.29, 1.82) is 0 Å². The molecule has 0 unspecified atom stereocenters. The third-order valence-corrected chi connectivity index (χ3v) is 4.02. The molecular weight excluding hydrogens is 314 g/mol. The van der Waals surface area contributed by atoms with Gasteiger partial charge in [-0.05, 0) is 44.0 Å². The third kappa shape index (κ3) is 3.54. The SMILES string of the molecule is Cc1nc(-c2nnc(NC(=O)Nc3ccc(C)c(C)c3)o2)cs1. The second kappa shape index (κ2) is 6.17. The van der Waals surface area contributed by atoms with Crippen LogP contribution in [0, 0.1) is 20.8 Å². The molecule has 0 saturated carbocycles. The molecule has 0 radical (unpaired) electrons. The van der Waals surface area contributed by atoms with Crippen molar-refractivity contribution in [3.8, 4) is 11.6 Å². The van der Waals surface area contributed by atoms with Crippen molar-refractivity contribution in [3.63, 3.8) is 0 Å². The average Bonchev–Trinajstić information content (AvgIpc) is 3.12. The van der Waals surface area contributed by atoms with Crippen LogP contribution in [0.25, 0.3) is 11.6 Å². The molecular formula is C15H15N5O2S. The topological polar surface area (TPSA) is 92.9 Å². The number of hydrogen-bond acceptors (Lipinski definition) is 6. The first kappa shape index (κ1) is 15.2. The van der Waals surface area contributed by atoms with Crippen LogP contribution in [0.1, 0.15) is 16.1 Å². The molecule has 23 heavy (non-hydrogen) atoms. The minimum atomic E-state index is -0.446. The molecule has 8 heteroatoms. The molecule has 0 aliphatic rings. The number of amides is 2. The van der Waals surface area contributed by atoms with Gasteiger partial charge in [0.15, 0.2) is 0 Å². The molecule has 2 N–H and O–H groups in total. The van der Waals surface area contributed by atoms with E-state index in [1.165, 1.54) is 11.3 Å². The normalized spacial score (nSPS) is 10.6. The summed E-state index contributed by atoms with van der Waals surface area (Å²) in [6, 6.07) is 5.25. The lowest BCUT2D eigenvalue weighted by Crippen LogP contribution is -2.19. The summed E-state index contributed by atoms with van der Waals surface area (Å²) in [4.78, 5) is 16.2. The predicted molar refractivity (Wildman–Crippen MR) is 88.7 cm³/mol. The Morgan fingerprint density at radius 1 is 1.13 bits per heavy atom. The Kier molecular flexibility index (Phi) is 4.07. The van der Waals surface area contributed by atoms with Gasteiger partial charge in [-0.15, -0.1) is 16.4 Å². The number of carbonyl (C=O) groups is 1. The lowest BCUT2D eigenvalue weighted by molar-refractivity contribution is 0.261. The summed E-state index contributed by atoms with van der Waals surface area (Å²) >= 11 is 1.49. The highest BCUT2D eigenvalue weighted by Gasteiger charge is 2.13. The number of rotatable bonds is 3. The van der Waals surface area contributed by atoms with Gasteiger partial charge in [0.2, 0.25) is 0 Å². The lowest BCUT2D eigenvalue weighted by atomic mass is 10.1. The number of urea groups is 1. The van der Waals surface area contributed by atoms with E-state index in [9.17, 15) is 4.79 Å². The zero-order valence-corrected chi connectivity index (χ0v) is 13.7. The summed E-state index contributed by atoms with van der Waals surface area (Å²) in [5.41, 5.74) is 3.56. The fraction of sp³-hybridized carbons (Fsp3) is 0.200. The predicted octanol–water partition coefficient (Wildman–Crippen LogP) is 3.76. The molecule has 0 saturated heterocycles. The van der Waals surface area contributed by atoms with E-state index in [2.05, 4.69) is 25.8 Å². The van der Waals surface area contributed by atoms with Crippen LogP contribution in [-0.2, 0) is 0 Å². The van der Waals surface area contributed by atoms with Crippen LogP contribution in [-0.4, -0.2) is 21.2 Å². The van der Waals surface area contributed by atoms with Crippen LogP contribution in [0.15, 0.2) is 28.0 Å². The van der Waals surface area contributed by atoms with Crippen molar-refractivity contribution in [2.45, 2.75) is 20.8 Å². The zero-order chi connectivity index (χ0) is 16.4. The minimum absolute atomic E-state index is 0.0204. The molecule has 0 aliphatic carbocycles. The van der Waals surface area contributed by atoms with Gasteiger partial charge in [-0.25, -0.2) is 9.78 Å². The first-order chi connectivity index (χ1) is 11.0. The van der Waals surface area contributed by atoms with Crippen LogP contribution in [0.2, 0.25) is 0 Å². The van der Waals surface area contributed by atoms with Crippen molar-refractivity contribution in [3.05, 3.63) is 39.7 Å². The third-order valence-electron chi connectivity index (χ3n) is 3.25. The first-order valence-corrected chi connectivity index (χ1v) is 7.80. The van der Waals surface area contributed by atoms with E-state index in [-0.39, 0.29) is 11.9 Å². The van der Waals surface area contributed by atoms with E-state index in [1.807, 2.05) is 44.4 Å². The minimum Gasteiger partial charge on any atom is -0.401 e. The summed E-state index contributed by atoms with van der Waals surface area (Å²) < 4.78 is 5.38. The molecule has 0 fully saturated rings. The molecule has 2 amide bonds. The fourth-order valence-electron chi connectivity index (χ4n) is 1.92. The molecule has 2 heterocycles. The maximum atomic E-state index is 12.0. The Morgan fingerprint density at radius 2 is 1.96 bits per heavy atom. The van der Waals surface area contributed by atoms with E-state index >= 15 is 0 Å². The van der Waals surface area contributed by atoms with E-state index < -0.39 is 6.03 Å². The number of benzene rings is 1.